The maximum Gasteiger partial charge on any atom is 0.196 e. The zero-order valence-corrected chi connectivity index (χ0v) is 14.6. The number of benzene rings is 2. The molecule has 0 aliphatic carbocycles. The van der Waals surface area contributed by atoms with Crippen LogP contribution in [0.4, 0.5) is 4.39 Å². The smallest absolute Gasteiger partial charge is 0.196 e. The average Bonchev–Trinajstić information content (AvgIpc) is 3.12. The van der Waals surface area contributed by atoms with E-state index in [9.17, 15) is 4.39 Å². The summed E-state index contributed by atoms with van der Waals surface area (Å²) in [6.45, 7) is 0. The van der Waals surface area contributed by atoms with Gasteiger partial charge in [0.05, 0.1) is 5.69 Å². The van der Waals surface area contributed by atoms with Gasteiger partial charge in [-0.25, -0.2) is 4.39 Å². The Morgan fingerprint density at radius 1 is 0.885 bits per heavy atom. The van der Waals surface area contributed by atoms with Crippen molar-refractivity contribution in [3.8, 4) is 17.1 Å². The van der Waals surface area contributed by atoms with E-state index in [4.69, 9.17) is 0 Å². The molecule has 0 spiro atoms. The van der Waals surface area contributed by atoms with Gasteiger partial charge in [0.15, 0.2) is 11.0 Å². The second-order valence-corrected chi connectivity index (χ2v) is 6.55. The van der Waals surface area contributed by atoms with Crippen LogP contribution in [0.15, 0.2) is 84.3 Å². The molecule has 4 rings (SSSR count). The van der Waals surface area contributed by atoms with Crippen LogP contribution in [-0.4, -0.2) is 19.7 Å². The maximum absolute atomic E-state index is 14.5. The highest BCUT2D eigenvalue weighted by molar-refractivity contribution is 7.98. The van der Waals surface area contributed by atoms with E-state index < -0.39 is 0 Å². The van der Waals surface area contributed by atoms with Gasteiger partial charge in [0.2, 0.25) is 0 Å². The Bertz CT molecular complexity index is 1000. The van der Waals surface area contributed by atoms with E-state index in [0.29, 0.717) is 16.7 Å². The minimum absolute atomic E-state index is 0.320. The minimum Gasteiger partial charge on any atom is -0.267 e. The first-order valence-corrected chi connectivity index (χ1v) is 9.09. The van der Waals surface area contributed by atoms with Crippen LogP contribution in [0.1, 0.15) is 5.56 Å². The largest absolute Gasteiger partial charge is 0.267 e. The zero-order chi connectivity index (χ0) is 17.8. The van der Waals surface area contributed by atoms with Gasteiger partial charge in [0.1, 0.15) is 5.82 Å². The Labute approximate surface area is 154 Å². The summed E-state index contributed by atoms with van der Waals surface area (Å²) in [6, 6.07) is 20.4. The van der Waals surface area contributed by atoms with Crippen LogP contribution < -0.4 is 0 Å². The summed E-state index contributed by atoms with van der Waals surface area (Å²) in [5.74, 6) is 0.971. The molecule has 0 fully saturated rings. The van der Waals surface area contributed by atoms with E-state index >= 15 is 0 Å². The van der Waals surface area contributed by atoms with E-state index in [2.05, 4.69) is 27.3 Å². The molecule has 0 saturated carbocycles. The molecule has 0 saturated heterocycles. The third-order valence-electron chi connectivity index (χ3n) is 3.86. The fourth-order valence-electron chi connectivity index (χ4n) is 2.62. The van der Waals surface area contributed by atoms with Gasteiger partial charge < -0.3 is 0 Å². The fraction of sp³-hybridized carbons (Fsp3) is 0.0500. The summed E-state index contributed by atoms with van der Waals surface area (Å²) < 4.78 is 16.2. The fourth-order valence-corrected chi connectivity index (χ4v) is 3.52. The molecule has 0 atom stereocenters. The van der Waals surface area contributed by atoms with E-state index in [0.717, 1.165) is 11.3 Å². The molecule has 0 aliphatic rings. The Morgan fingerprint density at radius 3 is 2.46 bits per heavy atom. The molecule has 2 aromatic heterocycles. The van der Waals surface area contributed by atoms with Gasteiger partial charge in [-0.3, -0.25) is 9.55 Å². The summed E-state index contributed by atoms with van der Waals surface area (Å²) in [7, 11) is 0. The Balaban J connectivity index is 1.77. The summed E-state index contributed by atoms with van der Waals surface area (Å²) in [5.41, 5.74) is 2.38. The second kappa shape index (κ2) is 7.49. The average molecular weight is 362 g/mol. The van der Waals surface area contributed by atoms with Crippen molar-refractivity contribution in [2.45, 2.75) is 10.9 Å². The normalized spacial score (nSPS) is 10.8. The van der Waals surface area contributed by atoms with Crippen molar-refractivity contribution in [1.29, 1.82) is 0 Å². The summed E-state index contributed by atoms with van der Waals surface area (Å²) in [4.78, 5) is 4.14. The first-order chi connectivity index (χ1) is 12.8. The second-order valence-electron chi connectivity index (χ2n) is 5.61. The molecule has 4 nitrogen and oxygen atoms in total. The molecule has 0 aliphatic heterocycles. The van der Waals surface area contributed by atoms with Crippen molar-refractivity contribution in [2.24, 2.45) is 0 Å². The molecule has 2 heterocycles. The molecule has 0 radical (unpaired) electrons. The van der Waals surface area contributed by atoms with E-state index in [1.165, 1.54) is 23.4 Å². The number of hydrogen-bond acceptors (Lipinski definition) is 4. The van der Waals surface area contributed by atoms with Gasteiger partial charge in [-0.2, -0.15) is 0 Å². The lowest BCUT2D eigenvalue weighted by Gasteiger charge is -2.11. The number of thioether (sulfide) groups is 1. The lowest BCUT2D eigenvalue weighted by atomic mass is 10.2. The van der Waals surface area contributed by atoms with Gasteiger partial charge in [-0.1, -0.05) is 54.2 Å². The quantitative estimate of drug-likeness (QED) is 0.480. The highest BCUT2D eigenvalue weighted by atomic mass is 32.2. The van der Waals surface area contributed by atoms with Gasteiger partial charge in [0, 0.05) is 23.7 Å². The van der Waals surface area contributed by atoms with Gasteiger partial charge in [-0.15, -0.1) is 10.2 Å². The summed E-state index contributed by atoms with van der Waals surface area (Å²) in [5, 5.41) is 9.25. The molecule has 2 aromatic carbocycles. The molecule has 0 amide bonds. The number of hydrogen-bond donors (Lipinski definition) is 0. The number of pyridine rings is 1. The van der Waals surface area contributed by atoms with Crippen LogP contribution in [0.5, 0.6) is 0 Å². The van der Waals surface area contributed by atoms with Crippen LogP contribution in [0.2, 0.25) is 0 Å². The zero-order valence-electron chi connectivity index (χ0n) is 13.8. The number of aromatic nitrogens is 4. The number of para-hydroxylation sites is 1. The van der Waals surface area contributed by atoms with Crippen LogP contribution in [0.3, 0.4) is 0 Å². The third-order valence-corrected chi connectivity index (χ3v) is 4.86. The predicted octanol–water partition coefficient (Wildman–Crippen LogP) is 4.76. The van der Waals surface area contributed by atoms with Crippen molar-refractivity contribution in [2.75, 3.05) is 0 Å². The maximum atomic E-state index is 14.5. The standard InChI is InChI=1S/C20H15FN4S/c21-17-10-4-5-11-18(17)25-19(16-9-6-12-22-13-16)23-24-20(25)26-14-15-7-2-1-3-8-15/h1-13H,14H2. The lowest BCUT2D eigenvalue weighted by molar-refractivity contribution is 0.613. The Kier molecular flexibility index (Phi) is 4.75. The molecule has 0 bridgehead atoms. The molecule has 4 aromatic rings. The highest BCUT2D eigenvalue weighted by Crippen LogP contribution is 2.30. The van der Waals surface area contributed by atoms with Crippen LogP contribution in [0, 0.1) is 5.82 Å². The lowest BCUT2D eigenvalue weighted by Crippen LogP contribution is -2.02. The minimum atomic E-state index is -0.320. The Hall–Kier alpha value is -2.99. The van der Waals surface area contributed by atoms with Crippen molar-refractivity contribution in [3.05, 3.63) is 90.5 Å². The molecular formula is C20H15FN4S. The number of nitrogens with zero attached hydrogens (tertiary/aromatic N) is 4. The van der Waals surface area contributed by atoms with Crippen LogP contribution >= 0.6 is 11.8 Å². The molecule has 0 unspecified atom stereocenters. The first kappa shape index (κ1) is 16.5. The molecule has 6 heteroatoms. The molecule has 128 valence electrons. The summed E-state index contributed by atoms with van der Waals surface area (Å²) in [6.07, 6.45) is 3.39. The van der Waals surface area contributed by atoms with E-state index in [1.54, 1.807) is 35.2 Å². The molecular weight excluding hydrogens is 347 g/mol. The Morgan fingerprint density at radius 2 is 1.69 bits per heavy atom. The topological polar surface area (TPSA) is 43.6 Å². The van der Waals surface area contributed by atoms with Gasteiger partial charge in [0.25, 0.3) is 0 Å². The van der Waals surface area contributed by atoms with Crippen LogP contribution in [-0.2, 0) is 5.75 Å². The number of rotatable bonds is 5. The predicted molar refractivity (Wildman–Crippen MR) is 101 cm³/mol. The van der Waals surface area contributed by atoms with Crippen molar-refractivity contribution in [3.63, 3.8) is 0 Å². The van der Waals surface area contributed by atoms with Crippen molar-refractivity contribution >= 4 is 11.8 Å². The monoisotopic (exact) mass is 362 g/mol. The molecule has 0 N–H and O–H groups in total. The SMILES string of the molecule is Fc1ccccc1-n1c(SCc2ccccc2)nnc1-c1cccnc1. The van der Waals surface area contributed by atoms with E-state index in [-0.39, 0.29) is 5.82 Å². The number of halogens is 1. The van der Waals surface area contributed by atoms with Crippen molar-refractivity contribution < 1.29 is 4.39 Å². The van der Waals surface area contributed by atoms with Gasteiger partial charge >= 0.3 is 0 Å². The third kappa shape index (κ3) is 3.36. The van der Waals surface area contributed by atoms with Gasteiger partial charge in [-0.05, 0) is 29.8 Å². The van der Waals surface area contributed by atoms with E-state index in [1.807, 2.05) is 30.3 Å². The van der Waals surface area contributed by atoms with Crippen molar-refractivity contribution in [1.82, 2.24) is 19.7 Å². The molecule has 26 heavy (non-hydrogen) atoms. The highest BCUT2D eigenvalue weighted by Gasteiger charge is 2.18. The first-order valence-electron chi connectivity index (χ1n) is 8.10. The van der Waals surface area contributed by atoms with Crippen LogP contribution in [0.25, 0.3) is 17.1 Å². The summed E-state index contributed by atoms with van der Waals surface area (Å²) >= 11 is 1.52.